The van der Waals surface area contributed by atoms with Crippen molar-refractivity contribution in [3.8, 4) is 0 Å². The van der Waals surface area contributed by atoms with E-state index in [2.05, 4.69) is 40.6 Å². The zero-order valence-electron chi connectivity index (χ0n) is 17.0. The molecule has 3 aromatic rings. The van der Waals surface area contributed by atoms with Crippen LogP contribution in [0.2, 0.25) is 0 Å². The van der Waals surface area contributed by atoms with Gasteiger partial charge in [-0.2, -0.15) is 4.37 Å². The molecule has 0 atom stereocenters. The van der Waals surface area contributed by atoms with Crippen LogP contribution in [0.3, 0.4) is 0 Å². The minimum Gasteiger partial charge on any atom is -0.467 e. The molecule has 1 aromatic carbocycles. The van der Waals surface area contributed by atoms with Crippen molar-refractivity contribution >= 4 is 22.6 Å². The number of anilines is 1. The fraction of sp³-hybridized carbons (Fsp3) is 0.409. The second-order valence-corrected chi connectivity index (χ2v) is 8.17. The van der Waals surface area contributed by atoms with Gasteiger partial charge < -0.3 is 14.6 Å². The number of hydrogen-bond acceptors (Lipinski definition) is 6. The number of rotatable bonds is 11. The van der Waals surface area contributed by atoms with Gasteiger partial charge in [-0.05, 0) is 30.0 Å². The number of hydrogen-bond donors (Lipinski definition) is 1. The Bertz CT molecular complexity index is 862. The molecule has 2 heterocycles. The normalized spacial score (nSPS) is 11.0. The summed E-state index contributed by atoms with van der Waals surface area (Å²) < 4.78 is 10.0. The molecule has 0 bridgehead atoms. The molecule has 2 aromatic heterocycles. The average molecular weight is 413 g/mol. The van der Waals surface area contributed by atoms with Gasteiger partial charge in [-0.1, -0.05) is 44.2 Å². The third-order valence-electron chi connectivity index (χ3n) is 4.51. The van der Waals surface area contributed by atoms with E-state index in [0.29, 0.717) is 38.4 Å². The highest BCUT2D eigenvalue weighted by Crippen LogP contribution is 2.21. The first kappa shape index (κ1) is 21.0. The predicted molar refractivity (Wildman–Crippen MR) is 116 cm³/mol. The SMILES string of the molecule is CC(C)CCNC(=O)CCN(Cc1ccco1)c1nc(Cc2ccccc2)ns1. The Balaban J connectivity index is 1.62. The van der Waals surface area contributed by atoms with Crippen molar-refractivity contribution in [2.75, 3.05) is 18.0 Å². The summed E-state index contributed by atoms with van der Waals surface area (Å²) in [4.78, 5) is 19.0. The maximum Gasteiger partial charge on any atom is 0.221 e. The first-order valence-corrected chi connectivity index (χ1v) is 10.8. The van der Waals surface area contributed by atoms with Gasteiger partial charge in [0.15, 0.2) is 0 Å². The zero-order chi connectivity index (χ0) is 20.5. The van der Waals surface area contributed by atoms with Crippen molar-refractivity contribution < 1.29 is 9.21 Å². The van der Waals surface area contributed by atoms with E-state index < -0.39 is 0 Å². The Morgan fingerprint density at radius 1 is 1.21 bits per heavy atom. The van der Waals surface area contributed by atoms with E-state index in [1.54, 1.807) is 6.26 Å². The second kappa shape index (κ2) is 10.8. The number of nitrogens with one attached hydrogen (secondary N) is 1. The number of nitrogens with zero attached hydrogens (tertiary/aromatic N) is 3. The molecule has 29 heavy (non-hydrogen) atoms. The van der Waals surface area contributed by atoms with Crippen molar-refractivity contribution in [3.63, 3.8) is 0 Å². The van der Waals surface area contributed by atoms with Gasteiger partial charge in [0, 0.05) is 37.5 Å². The van der Waals surface area contributed by atoms with Gasteiger partial charge in [0.2, 0.25) is 11.0 Å². The molecule has 0 saturated carbocycles. The van der Waals surface area contributed by atoms with Crippen LogP contribution in [0, 0.1) is 5.92 Å². The van der Waals surface area contributed by atoms with Crippen molar-refractivity contribution in [1.29, 1.82) is 0 Å². The fourth-order valence-electron chi connectivity index (χ4n) is 2.88. The molecule has 3 rings (SSSR count). The van der Waals surface area contributed by atoms with Crippen LogP contribution in [0.1, 0.15) is 43.8 Å². The molecular weight excluding hydrogens is 384 g/mol. The van der Waals surface area contributed by atoms with E-state index in [-0.39, 0.29) is 5.91 Å². The summed E-state index contributed by atoms with van der Waals surface area (Å²) in [5, 5.41) is 3.80. The van der Waals surface area contributed by atoms with Gasteiger partial charge in [-0.15, -0.1) is 0 Å². The molecule has 0 fully saturated rings. The van der Waals surface area contributed by atoms with E-state index in [1.807, 2.05) is 30.3 Å². The van der Waals surface area contributed by atoms with Gasteiger partial charge in [0.1, 0.15) is 11.6 Å². The summed E-state index contributed by atoms with van der Waals surface area (Å²) in [6.07, 6.45) is 3.75. The summed E-state index contributed by atoms with van der Waals surface area (Å²) in [6.45, 7) is 6.15. The van der Waals surface area contributed by atoms with Crippen LogP contribution < -0.4 is 10.2 Å². The van der Waals surface area contributed by atoms with Crippen molar-refractivity contribution in [3.05, 3.63) is 65.9 Å². The number of benzene rings is 1. The molecule has 0 spiro atoms. The smallest absolute Gasteiger partial charge is 0.221 e. The van der Waals surface area contributed by atoms with Crippen LogP contribution in [-0.4, -0.2) is 28.4 Å². The van der Waals surface area contributed by atoms with Gasteiger partial charge in [0.05, 0.1) is 12.8 Å². The van der Waals surface area contributed by atoms with Gasteiger partial charge in [0.25, 0.3) is 0 Å². The van der Waals surface area contributed by atoms with E-state index in [9.17, 15) is 4.79 Å². The molecule has 0 aliphatic carbocycles. The summed E-state index contributed by atoms with van der Waals surface area (Å²) >= 11 is 1.36. The lowest BCUT2D eigenvalue weighted by Gasteiger charge is -2.20. The Labute approximate surface area is 176 Å². The molecule has 0 saturated heterocycles. The summed E-state index contributed by atoms with van der Waals surface area (Å²) in [5.41, 5.74) is 1.18. The number of furan rings is 1. The number of amides is 1. The van der Waals surface area contributed by atoms with E-state index in [1.165, 1.54) is 17.1 Å². The number of carbonyl (C=O) groups excluding carboxylic acids is 1. The molecule has 1 N–H and O–H groups in total. The number of carbonyl (C=O) groups is 1. The zero-order valence-corrected chi connectivity index (χ0v) is 17.8. The highest BCUT2D eigenvalue weighted by atomic mass is 32.1. The third kappa shape index (κ3) is 7.02. The first-order chi connectivity index (χ1) is 14.1. The van der Waals surface area contributed by atoms with E-state index >= 15 is 0 Å². The Hall–Kier alpha value is -2.67. The van der Waals surface area contributed by atoms with Gasteiger partial charge in [-0.25, -0.2) is 4.98 Å². The van der Waals surface area contributed by atoms with Crippen molar-refractivity contribution in [1.82, 2.24) is 14.7 Å². The quantitative estimate of drug-likeness (QED) is 0.509. The van der Waals surface area contributed by atoms with Crippen molar-refractivity contribution in [2.45, 2.75) is 39.7 Å². The molecule has 0 radical (unpaired) electrons. The molecular formula is C22H28N4O2S. The maximum absolute atomic E-state index is 12.2. The van der Waals surface area contributed by atoms with Crippen LogP contribution in [0.4, 0.5) is 5.13 Å². The van der Waals surface area contributed by atoms with E-state index in [4.69, 9.17) is 9.40 Å². The Morgan fingerprint density at radius 2 is 2.03 bits per heavy atom. The minimum atomic E-state index is 0.0594. The largest absolute Gasteiger partial charge is 0.467 e. The first-order valence-electron chi connectivity index (χ1n) is 10.0. The molecule has 154 valence electrons. The molecule has 0 aliphatic heterocycles. The predicted octanol–water partition coefficient (Wildman–Crippen LogP) is 4.28. The molecule has 0 aliphatic rings. The molecule has 6 nitrogen and oxygen atoms in total. The molecule has 7 heteroatoms. The monoisotopic (exact) mass is 412 g/mol. The lowest BCUT2D eigenvalue weighted by atomic mass is 10.1. The van der Waals surface area contributed by atoms with Crippen LogP contribution in [0.15, 0.2) is 53.1 Å². The van der Waals surface area contributed by atoms with Crippen LogP contribution in [0.25, 0.3) is 0 Å². The lowest BCUT2D eigenvalue weighted by Crippen LogP contribution is -2.31. The van der Waals surface area contributed by atoms with Crippen LogP contribution in [0.5, 0.6) is 0 Å². The topological polar surface area (TPSA) is 71.3 Å². The number of aromatic nitrogens is 2. The highest BCUT2D eigenvalue weighted by Gasteiger charge is 2.16. The van der Waals surface area contributed by atoms with Gasteiger partial charge >= 0.3 is 0 Å². The highest BCUT2D eigenvalue weighted by molar-refractivity contribution is 7.09. The minimum absolute atomic E-state index is 0.0594. The van der Waals surface area contributed by atoms with Crippen LogP contribution in [-0.2, 0) is 17.8 Å². The molecule has 0 unspecified atom stereocenters. The second-order valence-electron chi connectivity index (χ2n) is 7.44. The van der Waals surface area contributed by atoms with Crippen LogP contribution >= 0.6 is 11.5 Å². The molecule has 1 amide bonds. The maximum atomic E-state index is 12.2. The van der Waals surface area contributed by atoms with Gasteiger partial charge in [-0.3, -0.25) is 4.79 Å². The Kier molecular flexibility index (Phi) is 7.81. The standard InChI is InChI=1S/C22H28N4O2S/c1-17(2)10-12-23-21(27)11-13-26(16-19-9-6-14-28-19)22-24-20(25-29-22)15-18-7-4-3-5-8-18/h3-9,14,17H,10-13,15-16H2,1-2H3,(H,23,27). The summed E-state index contributed by atoms with van der Waals surface area (Å²) in [6, 6.07) is 14.0. The third-order valence-corrected chi connectivity index (χ3v) is 5.33. The fourth-order valence-corrected chi connectivity index (χ4v) is 3.59. The Morgan fingerprint density at radius 3 is 2.76 bits per heavy atom. The van der Waals surface area contributed by atoms with Crippen molar-refractivity contribution in [2.24, 2.45) is 5.92 Å². The average Bonchev–Trinajstić information content (AvgIpc) is 3.37. The lowest BCUT2D eigenvalue weighted by molar-refractivity contribution is -0.120. The van der Waals surface area contributed by atoms with E-state index in [0.717, 1.165) is 23.1 Å². The summed E-state index contributed by atoms with van der Waals surface area (Å²) in [7, 11) is 0. The summed E-state index contributed by atoms with van der Waals surface area (Å²) in [5.74, 6) is 2.27.